The van der Waals surface area contributed by atoms with Crippen molar-refractivity contribution in [1.29, 1.82) is 0 Å². The number of aryl methyl sites for hydroxylation is 2. The van der Waals surface area contributed by atoms with Crippen LogP contribution in [-0.4, -0.2) is 58.2 Å². The van der Waals surface area contributed by atoms with E-state index in [1.54, 1.807) is 23.1 Å². The van der Waals surface area contributed by atoms with Gasteiger partial charge in [0.15, 0.2) is 0 Å². The summed E-state index contributed by atoms with van der Waals surface area (Å²) in [5.74, 6) is -0.195. The van der Waals surface area contributed by atoms with E-state index in [0.717, 1.165) is 23.1 Å². The summed E-state index contributed by atoms with van der Waals surface area (Å²) in [7, 11) is -3.57. The van der Waals surface area contributed by atoms with E-state index in [0.29, 0.717) is 36.9 Å². The van der Waals surface area contributed by atoms with Gasteiger partial charge >= 0.3 is 0 Å². The maximum absolute atomic E-state index is 12.9. The van der Waals surface area contributed by atoms with Crippen LogP contribution in [0, 0.1) is 13.8 Å². The van der Waals surface area contributed by atoms with E-state index in [2.05, 4.69) is 4.90 Å². The first-order chi connectivity index (χ1) is 13.6. The number of anilines is 2. The molecule has 2 aromatic carbocycles. The van der Waals surface area contributed by atoms with Gasteiger partial charge < -0.3 is 9.80 Å². The minimum Gasteiger partial charge on any atom is -0.368 e. The number of hydrogen-bond acceptors (Lipinski definition) is 4. The fraction of sp³-hybridized carbons (Fsp3) is 0.381. The average molecular weight is 436 g/mol. The van der Waals surface area contributed by atoms with Crippen LogP contribution in [-0.2, 0) is 14.8 Å². The summed E-state index contributed by atoms with van der Waals surface area (Å²) in [6.45, 7) is 6.16. The molecule has 0 atom stereocenters. The van der Waals surface area contributed by atoms with E-state index >= 15 is 0 Å². The minimum atomic E-state index is -3.57. The van der Waals surface area contributed by atoms with Crippen molar-refractivity contribution < 1.29 is 13.2 Å². The Labute approximate surface area is 177 Å². The van der Waals surface area contributed by atoms with E-state index in [-0.39, 0.29) is 12.5 Å². The number of hydrogen-bond donors (Lipinski definition) is 0. The smallest absolute Gasteiger partial charge is 0.243 e. The number of sulfonamides is 1. The summed E-state index contributed by atoms with van der Waals surface area (Å²) in [4.78, 5) is 16.8. The largest absolute Gasteiger partial charge is 0.368 e. The number of carbonyl (C=O) groups is 1. The Hall–Kier alpha value is -2.25. The highest BCUT2D eigenvalue weighted by atomic mass is 35.5. The fourth-order valence-corrected chi connectivity index (χ4v) is 4.53. The van der Waals surface area contributed by atoms with Crippen LogP contribution in [0.5, 0.6) is 0 Å². The molecule has 29 heavy (non-hydrogen) atoms. The van der Waals surface area contributed by atoms with Gasteiger partial charge in [-0.3, -0.25) is 9.10 Å². The molecule has 1 saturated heterocycles. The van der Waals surface area contributed by atoms with Gasteiger partial charge in [-0.2, -0.15) is 0 Å². The van der Waals surface area contributed by atoms with Crippen molar-refractivity contribution in [2.45, 2.75) is 13.8 Å². The molecule has 6 nitrogen and oxygen atoms in total. The van der Waals surface area contributed by atoms with Crippen molar-refractivity contribution in [2.75, 3.05) is 48.2 Å². The number of nitrogens with zero attached hydrogens (tertiary/aromatic N) is 3. The quantitative estimate of drug-likeness (QED) is 0.724. The third kappa shape index (κ3) is 5.22. The molecule has 3 rings (SSSR count). The highest BCUT2D eigenvalue weighted by Gasteiger charge is 2.27. The third-order valence-electron chi connectivity index (χ3n) is 5.11. The van der Waals surface area contributed by atoms with Crippen molar-refractivity contribution in [2.24, 2.45) is 0 Å². The van der Waals surface area contributed by atoms with Gasteiger partial charge in [0.05, 0.1) is 11.9 Å². The monoisotopic (exact) mass is 435 g/mol. The van der Waals surface area contributed by atoms with Gasteiger partial charge in [0.25, 0.3) is 0 Å². The molecule has 0 unspecified atom stereocenters. The third-order valence-corrected chi connectivity index (χ3v) is 6.49. The molecule has 0 aliphatic carbocycles. The predicted molar refractivity (Wildman–Crippen MR) is 118 cm³/mol. The highest BCUT2D eigenvalue weighted by Crippen LogP contribution is 2.25. The lowest BCUT2D eigenvalue weighted by Crippen LogP contribution is -2.52. The van der Waals surface area contributed by atoms with Crippen LogP contribution in [0.15, 0.2) is 42.5 Å². The van der Waals surface area contributed by atoms with Crippen molar-refractivity contribution >= 4 is 38.9 Å². The fourth-order valence-electron chi connectivity index (χ4n) is 3.53. The van der Waals surface area contributed by atoms with E-state index < -0.39 is 10.0 Å². The number of benzene rings is 2. The van der Waals surface area contributed by atoms with Crippen LogP contribution in [0.1, 0.15) is 11.1 Å². The molecule has 1 aliphatic heterocycles. The van der Waals surface area contributed by atoms with Crippen LogP contribution < -0.4 is 9.21 Å². The summed E-state index contributed by atoms with van der Waals surface area (Å²) in [6.07, 6.45) is 1.13. The van der Waals surface area contributed by atoms with E-state index in [4.69, 9.17) is 11.6 Å². The van der Waals surface area contributed by atoms with Crippen molar-refractivity contribution in [3.05, 3.63) is 58.6 Å². The molecule has 2 aromatic rings. The summed E-state index contributed by atoms with van der Waals surface area (Å²) in [5, 5.41) is 0.686. The van der Waals surface area contributed by atoms with Crippen LogP contribution in [0.4, 0.5) is 11.4 Å². The molecule has 1 amide bonds. The second-order valence-corrected chi connectivity index (χ2v) is 9.75. The second kappa shape index (κ2) is 8.63. The van der Waals surface area contributed by atoms with Gasteiger partial charge in [0.1, 0.15) is 6.54 Å². The lowest BCUT2D eigenvalue weighted by atomic mass is 10.1. The van der Waals surface area contributed by atoms with Crippen LogP contribution >= 0.6 is 11.6 Å². The zero-order valence-corrected chi connectivity index (χ0v) is 18.5. The minimum absolute atomic E-state index is 0.195. The predicted octanol–water partition coefficient (Wildman–Crippen LogP) is 3.07. The topological polar surface area (TPSA) is 60.9 Å². The summed E-state index contributed by atoms with van der Waals surface area (Å²) < 4.78 is 25.8. The molecule has 0 saturated carbocycles. The molecule has 1 heterocycles. The second-order valence-electron chi connectivity index (χ2n) is 7.41. The summed E-state index contributed by atoms with van der Waals surface area (Å²) in [6, 6.07) is 13.0. The summed E-state index contributed by atoms with van der Waals surface area (Å²) >= 11 is 6.13. The summed E-state index contributed by atoms with van der Waals surface area (Å²) in [5.41, 5.74) is 3.65. The SMILES string of the molecule is Cc1cccc(N(CC(=O)N2CCN(c3cc(Cl)ccc3C)CC2)S(C)(=O)=O)c1. The molecular weight excluding hydrogens is 410 g/mol. The maximum atomic E-state index is 12.9. The zero-order chi connectivity index (χ0) is 21.2. The van der Waals surface area contributed by atoms with Crippen LogP contribution in [0.2, 0.25) is 5.02 Å². The lowest BCUT2D eigenvalue weighted by molar-refractivity contribution is -0.129. The molecule has 156 valence electrons. The number of rotatable bonds is 5. The molecule has 0 radical (unpaired) electrons. The van der Waals surface area contributed by atoms with Crippen molar-refractivity contribution in [3.8, 4) is 0 Å². The van der Waals surface area contributed by atoms with Crippen LogP contribution in [0.3, 0.4) is 0 Å². The Morgan fingerprint density at radius 2 is 1.76 bits per heavy atom. The van der Waals surface area contributed by atoms with Crippen molar-refractivity contribution in [3.63, 3.8) is 0 Å². The zero-order valence-electron chi connectivity index (χ0n) is 16.9. The first-order valence-corrected chi connectivity index (χ1v) is 11.7. The average Bonchev–Trinajstić information content (AvgIpc) is 2.67. The lowest BCUT2D eigenvalue weighted by Gasteiger charge is -2.37. The molecule has 0 N–H and O–H groups in total. The standard InChI is InChI=1S/C21H26ClN3O3S/c1-16-5-4-6-19(13-16)25(29(3,27)28)15-21(26)24-11-9-23(10-12-24)20-14-18(22)8-7-17(20)2/h4-8,13-14H,9-12,15H2,1-3H3. The first kappa shape index (κ1) is 21.5. The molecule has 0 spiro atoms. The van der Waals surface area contributed by atoms with Gasteiger partial charge in [0.2, 0.25) is 15.9 Å². The first-order valence-electron chi connectivity index (χ1n) is 9.48. The number of piperazine rings is 1. The number of amides is 1. The Morgan fingerprint density at radius 1 is 1.07 bits per heavy atom. The van der Waals surface area contributed by atoms with Gasteiger partial charge in [-0.15, -0.1) is 0 Å². The van der Waals surface area contributed by atoms with Gasteiger partial charge in [-0.25, -0.2) is 8.42 Å². The van der Waals surface area contributed by atoms with Crippen LogP contribution in [0.25, 0.3) is 0 Å². The Balaban J connectivity index is 1.69. The number of halogens is 1. The number of carbonyl (C=O) groups excluding carboxylic acids is 1. The Morgan fingerprint density at radius 3 is 2.38 bits per heavy atom. The van der Waals surface area contributed by atoms with Gasteiger partial charge in [-0.05, 0) is 49.2 Å². The van der Waals surface area contributed by atoms with Gasteiger partial charge in [-0.1, -0.05) is 29.8 Å². The molecule has 0 bridgehead atoms. The van der Waals surface area contributed by atoms with E-state index in [9.17, 15) is 13.2 Å². The maximum Gasteiger partial charge on any atom is 0.243 e. The molecule has 1 aliphatic rings. The van der Waals surface area contributed by atoms with E-state index in [1.807, 2.05) is 38.1 Å². The molecule has 8 heteroatoms. The van der Waals surface area contributed by atoms with Crippen molar-refractivity contribution in [1.82, 2.24) is 4.90 Å². The van der Waals surface area contributed by atoms with Gasteiger partial charge in [0, 0.05) is 36.9 Å². The van der Waals surface area contributed by atoms with E-state index in [1.165, 1.54) is 4.31 Å². The normalized spacial score (nSPS) is 14.8. The molecule has 0 aromatic heterocycles. The Bertz CT molecular complexity index is 1000. The Kier molecular flexibility index (Phi) is 6.39. The highest BCUT2D eigenvalue weighted by molar-refractivity contribution is 7.92. The molecular formula is C21H26ClN3O3S. The molecule has 1 fully saturated rings.